The van der Waals surface area contributed by atoms with Gasteiger partial charge in [-0.3, -0.25) is 0 Å². The van der Waals surface area contributed by atoms with Crippen molar-refractivity contribution < 1.29 is 0 Å². The van der Waals surface area contributed by atoms with E-state index in [0.717, 1.165) is 12.6 Å². The van der Waals surface area contributed by atoms with Crippen molar-refractivity contribution in [2.45, 2.75) is 39.3 Å². The van der Waals surface area contributed by atoms with Crippen LogP contribution in [0.3, 0.4) is 0 Å². The number of aryl methyl sites for hydroxylation is 2. The standard InChI is InChI=1S/C15H19N3/c1-11-3-6-15(12(2)7-11)18-10-13(9-17-18)8-16-14-4-5-14/h3,6-7,9-10,14,16H,4-5,8H2,1-2H3. The predicted molar refractivity (Wildman–Crippen MR) is 72.9 cm³/mol. The van der Waals surface area contributed by atoms with Crippen LogP contribution in [0.25, 0.3) is 5.69 Å². The Balaban J connectivity index is 1.78. The third kappa shape index (κ3) is 2.46. The zero-order chi connectivity index (χ0) is 12.5. The highest BCUT2D eigenvalue weighted by atomic mass is 15.3. The first-order chi connectivity index (χ1) is 8.72. The summed E-state index contributed by atoms with van der Waals surface area (Å²) < 4.78 is 1.97. The molecule has 1 fully saturated rings. The van der Waals surface area contributed by atoms with Crippen LogP contribution >= 0.6 is 0 Å². The van der Waals surface area contributed by atoms with E-state index < -0.39 is 0 Å². The number of hydrogen-bond acceptors (Lipinski definition) is 2. The van der Waals surface area contributed by atoms with Crippen molar-refractivity contribution in [3.63, 3.8) is 0 Å². The van der Waals surface area contributed by atoms with Crippen LogP contribution in [0, 0.1) is 13.8 Å². The molecule has 1 aliphatic carbocycles. The van der Waals surface area contributed by atoms with Crippen molar-refractivity contribution >= 4 is 0 Å². The summed E-state index contributed by atoms with van der Waals surface area (Å²) in [5, 5.41) is 7.96. The van der Waals surface area contributed by atoms with Crippen molar-refractivity contribution in [3.8, 4) is 5.69 Å². The Morgan fingerprint density at radius 2 is 2.17 bits per heavy atom. The maximum absolute atomic E-state index is 4.45. The van der Waals surface area contributed by atoms with E-state index in [-0.39, 0.29) is 0 Å². The van der Waals surface area contributed by atoms with Gasteiger partial charge in [0.25, 0.3) is 0 Å². The Morgan fingerprint density at radius 1 is 1.33 bits per heavy atom. The van der Waals surface area contributed by atoms with E-state index in [1.54, 1.807) is 0 Å². The van der Waals surface area contributed by atoms with E-state index in [9.17, 15) is 0 Å². The summed E-state index contributed by atoms with van der Waals surface area (Å²) in [5.41, 5.74) is 4.97. The largest absolute Gasteiger partial charge is 0.310 e. The Kier molecular flexibility index (Phi) is 2.92. The first-order valence-electron chi connectivity index (χ1n) is 6.57. The second kappa shape index (κ2) is 4.58. The number of aromatic nitrogens is 2. The molecule has 3 nitrogen and oxygen atoms in total. The molecule has 1 saturated carbocycles. The van der Waals surface area contributed by atoms with Crippen molar-refractivity contribution in [3.05, 3.63) is 47.3 Å². The highest BCUT2D eigenvalue weighted by Crippen LogP contribution is 2.20. The fraction of sp³-hybridized carbons (Fsp3) is 0.400. The summed E-state index contributed by atoms with van der Waals surface area (Å²) >= 11 is 0. The maximum atomic E-state index is 4.45. The third-order valence-corrected chi connectivity index (χ3v) is 3.41. The average molecular weight is 241 g/mol. The van der Waals surface area contributed by atoms with Crippen LogP contribution in [-0.2, 0) is 6.54 Å². The lowest BCUT2D eigenvalue weighted by molar-refractivity contribution is 0.687. The number of hydrogen-bond donors (Lipinski definition) is 1. The molecule has 0 saturated heterocycles. The van der Waals surface area contributed by atoms with Crippen molar-refractivity contribution in [2.75, 3.05) is 0 Å². The topological polar surface area (TPSA) is 29.9 Å². The van der Waals surface area contributed by atoms with Crippen LogP contribution in [-0.4, -0.2) is 15.8 Å². The summed E-state index contributed by atoms with van der Waals surface area (Å²) in [6.07, 6.45) is 6.72. The van der Waals surface area contributed by atoms with E-state index in [1.165, 1.54) is 35.2 Å². The van der Waals surface area contributed by atoms with Gasteiger partial charge in [0.15, 0.2) is 0 Å². The van der Waals surface area contributed by atoms with Gasteiger partial charge < -0.3 is 5.32 Å². The molecule has 3 heteroatoms. The second-order valence-electron chi connectivity index (χ2n) is 5.24. The molecule has 1 N–H and O–H groups in total. The Hall–Kier alpha value is -1.61. The van der Waals surface area contributed by atoms with Gasteiger partial charge in [0, 0.05) is 24.3 Å². The summed E-state index contributed by atoms with van der Waals surface area (Å²) in [4.78, 5) is 0. The van der Waals surface area contributed by atoms with Gasteiger partial charge in [0.1, 0.15) is 0 Å². The molecule has 3 rings (SSSR count). The molecule has 0 amide bonds. The molecule has 0 atom stereocenters. The van der Waals surface area contributed by atoms with Crippen LogP contribution in [0.1, 0.15) is 29.5 Å². The highest BCUT2D eigenvalue weighted by molar-refractivity contribution is 5.42. The lowest BCUT2D eigenvalue weighted by Crippen LogP contribution is -2.14. The van der Waals surface area contributed by atoms with Crippen LogP contribution < -0.4 is 5.32 Å². The first kappa shape index (κ1) is 11.5. The lowest BCUT2D eigenvalue weighted by atomic mass is 10.1. The van der Waals surface area contributed by atoms with E-state index in [1.807, 2.05) is 10.9 Å². The highest BCUT2D eigenvalue weighted by Gasteiger charge is 2.20. The molecule has 18 heavy (non-hydrogen) atoms. The van der Waals surface area contributed by atoms with Gasteiger partial charge >= 0.3 is 0 Å². The molecule has 0 spiro atoms. The fourth-order valence-corrected chi connectivity index (χ4v) is 2.20. The predicted octanol–water partition coefficient (Wildman–Crippen LogP) is 2.74. The van der Waals surface area contributed by atoms with E-state index >= 15 is 0 Å². The van der Waals surface area contributed by atoms with Gasteiger partial charge in [-0.2, -0.15) is 5.10 Å². The number of nitrogens with one attached hydrogen (secondary N) is 1. The normalized spacial score (nSPS) is 15.0. The smallest absolute Gasteiger partial charge is 0.0675 e. The van der Waals surface area contributed by atoms with Gasteiger partial charge in [-0.1, -0.05) is 17.7 Å². The Bertz CT molecular complexity index is 553. The third-order valence-electron chi connectivity index (χ3n) is 3.41. The van der Waals surface area contributed by atoms with Gasteiger partial charge in [0.05, 0.1) is 11.9 Å². The molecule has 94 valence electrons. The number of benzene rings is 1. The second-order valence-corrected chi connectivity index (χ2v) is 5.24. The van der Waals surface area contributed by atoms with Crippen LogP contribution in [0.5, 0.6) is 0 Å². The molecule has 0 bridgehead atoms. The Morgan fingerprint density at radius 3 is 2.89 bits per heavy atom. The molecular weight excluding hydrogens is 222 g/mol. The van der Waals surface area contributed by atoms with Crippen molar-refractivity contribution in [2.24, 2.45) is 0 Å². The minimum atomic E-state index is 0.745. The molecule has 1 aromatic heterocycles. The molecular formula is C15H19N3. The minimum absolute atomic E-state index is 0.745. The molecule has 0 radical (unpaired) electrons. The zero-order valence-electron chi connectivity index (χ0n) is 11.0. The lowest BCUT2D eigenvalue weighted by Gasteiger charge is -2.06. The van der Waals surface area contributed by atoms with Gasteiger partial charge in [-0.05, 0) is 38.3 Å². The number of rotatable bonds is 4. The van der Waals surface area contributed by atoms with Gasteiger partial charge in [-0.15, -0.1) is 0 Å². The molecule has 0 aliphatic heterocycles. The average Bonchev–Trinajstić information content (AvgIpc) is 3.05. The molecule has 1 aliphatic rings. The summed E-state index contributed by atoms with van der Waals surface area (Å²) in [6, 6.07) is 7.20. The van der Waals surface area contributed by atoms with E-state index in [0.29, 0.717) is 0 Å². The quantitative estimate of drug-likeness (QED) is 0.892. The van der Waals surface area contributed by atoms with E-state index in [4.69, 9.17) is 0 Å². The van der Waals surface area contributed by atoms with Crippen LogP contribution in [0.2, 0.25) is 0 Å². The minimum Gasteiger partial charge on any atom is -0.310 e. The molecule has 1 heterocycles. The van der Waals surface area contributed by atoms with Crippen molar-refractivity contribution in [1.29, 1.82) is 0 Å². The van der Waals surface area contributed by atoms with Crippen molar-refractivity contribution in [1.82, 2.24) is 15.1 Å². The maximum Gasteiger partial charge on any atom is 0.0675 e. The number of nitrogens with zero attached hydrogens (tertiary/aromatic N) is 2. The fourth-order valence-electron chi connectivity index (χ4n) is 2.20. The Labute approximate surface area is 108 Å². The molecule has 1 aromatic carbocycles. The summed E-state index contributed by atoms with van der Waals surface area (Å²) in [7, 11) is 0. The van der Waals surface area contributed by atoms with Gasteiger partial charge in [-0.25, -0.2) is 4.68 Å². The van der Waals surface area contributed by atoms with E-state index in [2.05, 4.69) is 48.7 Å². The summed E-state index contributed by atoms with van der Waals surface area (Å²) in [5.74, 6) is 0. The van der Waals surface area contributed by atoms with Crippen LogP contribution in [0.15, 0.2) is 30.6 Å². The first-order valence-corrected chi connectivity index (χ1v) is 6.57. The van der Waals surface area contributed by atoms with Crippen LogP contribution in [0.4, 0.5) is 0 Å². The zero-order valence-corrected chi connectivity index (χ0v) is 11.0. The molecule has 2 aromatic rings. The molecule has 0 unspecified atom stereocenters. The monoisotopic (exact) mass is 241 g/mol. The van der Waals surface area contributed by atoms with Gasteiger partial charge in [0.2, 0.25) is 0 Å². The SMILES string of the molecule is Cc1ccc(-n2cc(CNC3CC3)cn2)c(C)c1. The summed E-state index contributed by atoms with van der Waals surface area (Å²) in [6.45, 7) is 5.17.